The number of halogens is 2. The Labute approximate surface area is 71.0 Å². The Bertz CT molecular complexity index is 196. The zero-order valence-corrected chi connectivity index (χ0v) is 7.18. The summed E-state index contributed by atoms with van der Waals surface area (Å²) < 4.78 is 24.2. The van der Waals surface area contributed by atoms with Crippen molar-refractivity contribution in [1.82, 2.24) is 0 Å². The van der Waals surface area contributed by atoms with Crippen LogP contribution in [-0.4, -0.2) is 14.0 Å². The summed E-state index contributed by atoms with van der Waals surface area (Å²) in [6.07, 6.45) is 0. The van der Waals surface area contributed by atoms with E-state index in [0.29, 0.717) is 0 Å². The monoisotopic (exact) mass is 174 g/mol. The number of hydrogen-bond acceptors (Lipinski definition) is 1. The van der Waals surface area contributed by atoms with Gasteiger partial charge in [0.25, 0.3) is 0 Å². The quantitative estimate of drug-likeness (QED) is 0.636. The fraction of sp³-hybridized carbons (Fsp3) is 0.333. The van der Waals surface area contributed by atoms with Gasteiger partial charge in [-0.05, 0) is 19.1 Å². The van der Waals surface area contributed by atoms with Crippen molar-refractivity contribution in [2.75, 3.05) is 14.0 Å². The summed E-state index contributed by atoms with van der Waals surface area (Å²) in [7, 11) is 1.67. The molecule has 0 saturated carbocycles. The van der Waals surface area contributed by atoms with E-state index in [9.17, 15) is 8.78 Å². The van der Waals surface area contributed by atoms with Gasteiger partial charge in [-0.2, -0.15) is 0 Å². The molecule has 0 radical (unpaired) electrons. The average Bonchev–Trinajstić information content (AvgIpc) is 2.07. The van der Waals surface area contributed by atoms with Crippen molar-refractivity contribution in [2.24, 2.45) is 0 Å². The second-order valence-electron chi connectivity index (χ2n) is 2.12. The molecule has 0 atom stereocenters. The zero-order valence-electron chi connectivity index (χ0n) is 7.18. The van der Waals surface area contributed by atoms with Crippen molar-refractivity contribution in [3.05, 3.63) is 29.8 Å². The Morgan fingerprint density at radius 1 is 1.17 bits per heavy atom. The highest BCUT2D eigenvalue weighted by molar-refractivity contribution is 5.25. The van der Waals surface area contributed by atoms with E-state index in [0.717, 1.165) is 5.75 Å². The van der Waals surface area contributed by atoms with Gasteiger partial charge in [0.15, 0.2) is 0 Å². The van der Waals surface area contributed by atoms with Crippen LogP contribution in [0.25, 0.3) is 0 Å². The summed E-state index contributed by atoms with van der Waals surface area (Å²) in [5.74, 6) is 0.917. The molecule has 0 saturated heterocycles. The van der Waals surface area contributed by atoms with Crippen LogP contribution in [0.5, 0.6) is 5.75 Å². The lowest BCUT2D eigenvalue weighted by molar-refractivity contribution is 0.295. The molecule has 0 bridgehead atoms. The Hall–Kier alpha value is -1.12. The third-order valence-corrected chi connectivity index (χ3v) is 1.26. The Kier molecular flexibility index (Phi) is 5.97. The van der Waals surface area contributed by atoms with Crippen LogP contribution in [0.15, 0.2) is 24.3 Å². The Morgan fingerprint density at radius 3 is 1.92 bits per heavy atom. The number of alkyl halides is 2. The summed E-state index contributed by atoms with van der Waals surface area (Å²) >= 11 is 0. The molecule has 68 valence electrons. The highest BCUT2D eigenvalue weighted by Crippen LogP contribution is 2.09. The lowest BCUT2D eigenvalue weighted by Crippen LogP contribution is -1.80. The molecule has 0 aliphatic rings. The van der Waals surface area contributed by atoms with E-state index in [1.54, 1.807) is 7.11 Å². The predicted molar refractivity (Wildman–Crippen MR) is 44.8 cm³/mol. The molecule has 0 aromatic heterocycles. The number of methoxy groups -OCH3 is 1. The van der Waals surface area contributed by atoms with Crippen LogP contribution >= 0.6 is 0 Å². The van der Waals surface area contributed by atoms with Gasteiger partial charge in [0.2, 0.25) is 6.93 Å². The predicted octanol–water partition coefficient (Wildman–Crippen LogP) is 2.89. The minimum absolute atomic E-state index is 0.917. The summed E-state index contributed by atoms with van der Waals surface area (Å²) in [5.41, 5.74) is 1.26. The topological polar surface area (TPSA) is 9.23 Å². The molecule has 0 amide bonds. The van der Waals surface area contributed by atoms with E-state index in [4.69, 9.17) is 4.74 Å². The van der Waals surface area contributed by atoms with Gasteiger partial charge in [0, 0.05) is 0 Å². The average molecular weight is 174 g/mol. The van der Waals surface area contributed by atoms with Gasteiger partial charge in [-0.25, -0.2) is 8.78 Å². The number of benzene rings is 1. The second kappa shape index (κ2) is 6.58. The molecule has 0 fully saturated rings. The minimum Gasteiger partial charge on any atom is -0.497 e. The summed E-state index contributed by atoms with van der Waals surface area (Å²) in [4.78, 5) is 0. The van der Waals surface area contributed by atoms with Gasteiger partial charge < -0.3 is 4.74 Å². The first-order valence-electron chi connectivity index (χ1n) is 3.47. The Morgan fingerprint density at radius 2 is 1.58 bits per heavy atom. The Balaban J connectivity index is 0.000000354. The van der Waals surface area contributed by atoms with Crippen LogP contribution in [-0.2, 0) is 0 Å². The number of hydrogen-bond donors (Lipinski definition) is 0. The zero-order chi connectivity index (χ0) is 9.40. The minimum atomic E-state index is -1.75. The molecule has 1 aromatic rings. The maximum absolute atomic E-state index is 9.62. The van der Waals surface area contributed by atoms with Crippen LogP contribution in [0.2, 0.25) is 0 Å². The molecular weight excluding hydrogens is 162 g/mol. The van der Waals surface area contributed by atoms with Crippen molar-refractivity contribution < 1.29 is 13.5 Å². The maximum Gasteiger partial charge on any atom is 0.229 e. The fourth-order valence-corrected chi connectivity index (χ4v) is 0.674. The highest BCUT2D eigenvalue weighted by Gasteiger charge is 1.85. The van der Waals surface area contributed by atoms with Gasteiger partial charge in [0.1, 0.15) is 5.75 Å². The molecule has 0 spiro atoms. The van der Waals surface area contributed by atoms with Gasteiger partial charge in [0.05, 0.1) is 7.11 Å². The summed E-state index contributed by atoms with van der Waals surface area (Å²) in [6, 6.07) is 7.96. The van der Waals surface area contributed by atoms with E-state index in [2.05, 4.69) is 6.92 Å². The number of rotatable bonds is 1. The van der Waals surface area contributed by atoms with E-state index in [1.165, 1.54) is 5.56 Å². The molecule has 0 unspecified atom stereocenters. The molecule has 1 rings (SSSR count). The van der Waals surface area contributed by atoms with Crippen molar-refractivity contribution in [3.8, 4) is 5.75 Å². The van der Waals surface area contributed by atoms with E-state index < -0.39 is 6.93 Å². The SMILES string of the molecule is COc1ccc(C)cc1.FCF. The molecule has 1 aromatic carbocycles. The lowest BCUT2D eigenvalue weighted by atomic mass is 10.2. The van der Waals surface area contributed by atoms with Crippen LogP contribution in [0, 0.1) is 6.92 Å². The van der Waals surface area contributed by atoms with Gasteiger partial charge in [-0.1, -0.05) is 17.7 Å². The maximum atomic E-state index is 9.62. The molecule has 12 heavy (non-hydrogen) atoms. The second-order valence-corrected chi connectivity index (χ2v) is 2.12. The first kappa shape index (κ1) is 10.9. The summed E-state index contributed by atoms with van der Waals surface area (Å²) in [6.45, 7) is 0.305. The third-order valence-electron chi connectivity index (χ3n) is 1.26. The molecule has 0 aliphatic heterocycles. The number of aryl methyl sites for hydroxylation is 1. The van der Waals surface area contributed by atoms with Crippen LogP contribution in [0.1, 0.15) is 5.56 Å². The molecule has 3 heteroatoms. The third kappa shape index (κ3) is 4.66. The van der Waals surface area contributed by atoms with E-state index in [-0.39, 0.29) is 0 Å². The molecule has 0 N–H and O–H groups in total. The smallest absolute Gasteiger partial charge is 0.229 e. The van der Waals surface area contributed by atoms with Crippen molar-refractivity contribution >= 4 is 0 Å². The summed E-state index contributed by atoms with van der Waals surface area (Å²) in [5, 5.41) is 0. The fourth-order valence-electron chi connectivity index (χ4n) is 0.674. The molecular formula is C9H12F2O. The first-order chi connectivity index (χ1) is 5.74. The molecule has 1 nitrogen and oxygen atoms in total. The highest BCUT2D eigenvalue weighted by atomic mass is 19.3. The van der Waals surface area contributed by atoms with Crippen molar-refractivity contribution in [2.45, 2.75) is 6.92 Å². The van der Waals surface area contributed by atoms with Gasteiger partial charge >= 0.3 is 0 Å². The standard InChI is InChI=1S/C8H10O.CH2F2/c1-7-3-5-8(9-2)6-4-7;2-1-3/h3-6H,1-2H3;1H2. The first-order valence-corrected chi connectivity index (χ1v) is 3.47. The molecule has 0 aliphatic carbocycles. The van der Waals surface area contributed by atoms with Crippen LogP contribution in [0.3, 0.4) is 0 Å². The van der Waals surface area contributed by atoms with Crippen LogP contribution in [0.4, 0.5) is 8.78 Å². The van der Waals surface area contributed by atoms with Gasteiger partial charge in [-0.3, -0.25) is 0 Å². The number of ether oxygens (including phenoxy) is 1. The van der Waals surface area contributed by atoms with E-state index in [1.807, 2.05) is 24.3 Å². The van der Waals surface area contributed by atoms with Gasteiger partial charge in [-0.15, -0.1) is 0 Å². The van der Waals surface area contributed by atoms with Crippen molar-refractivity contribution in [3.63, 3.8) is 0 Å². The van der Waals surface area contributed by atoms with E-state index >= 15 is 0 Å². The largest absolute Gasteiger partial charge is 0.497 e. The molecule has 0 heterocycles. The van der Waals surface area contributed by atoms with Crippen molar-refractivity contribution in [1.29, 1.82) is 0 Å². The normalized spacial score (nSPS) is 8.33. The van der Waals surface area contributed by atoms with Crippen LogP contribution < -0.4 is 4.74 Å². The lowest BCUT2D eigenvalue weighted by Gasteiger charge is -1.97.